The van der Waals surface area contributed by atoms with Gasteiger partial charge in [0, 0.05) is 40.5 Å². The van der Waals surface area contributed by atoms with Crippen LogP contribution >= 0.6 is 43.2 Å². The van der Waals surface area contributed by atoms with Gasteiger partial charge >= 0.3 is 6.03 Å². The van der Waals surface area contributed by atoms with Crippen LogP contribution in [-0.4, -0.2) is 88.9 Å². The fourth-order valence-electron chi connectivity index (χ4n) is 5.71. The third kappa shape index (κ3) is 9.63. The molecule has 1 unspecified atom stereocenters. The minimum atomic E-state index is -4.00. The van der Waals surface area contributed by atoms with Crippen LogP contribution in [0.3, 0.4) is 0 Å². The Kier molecular flexibility index (Phi) is 13.0. The quantitative estimate of drug-likeness (QED) is 0.204. The summed E-state index contributed by atoms with van der Waals surface area (Å²) in [6, 6.07) is 12.3. The smallest absolute Gasteiger partial charge is 0.321 e. The number of hydrogen-bond acceptors (Lipinski definition) is 7. The van der Waals surface area contributed by atoms with E-state index >= 15 is 0 Å². The highest BCUT2D eigenvalue weighted by atomic mass is 79.9. The van der Waals surface area contributed by atoms with Gasteiger partial charge in [0.1, 0.15) is 6.04 Å². The van der Waals surface area contributed by atoms with Gasteiger partial charge in [0.15, 0.2) is 0 Å². The molecule has 3 amide bonds. The van der Waals surface area contributed by atoms with E-state index in [0.717, 1.165) is 20.7 Å². The lowest BCUT2D eigenvalue weighted by Crippen LogP contribution is -2.57. The molecule has 0 bridgehead atoms. The highest BCUT2D eigenvalue weighted by molar-refractivity contribution is 9.13. The Morgan fingerprint density at radius 3 is 2.36 bits per heavy atom. The average Bonchev–Trinajstić information content (AvgIpc) is 3.58. The Hall–Kier alpha value is -2.36. The van der Waals surface area contributed by atoms with Gasteiger partial charge in [-0.1, -0.05) is 58.0 Å². The van der Waals surface area contributed by atoms with Crippen LogP contribution in [0.4, 0.5) is 4.79 Å². The summed E-state index contributed by atoms with van der Waals surface area (Å²) in [6.07, 6.45) is -0.987. The molecule has 10 nitrogen and oxygen atoms in total. The van der Waals surface area contributed by atoms with E-state index in [2.05, 4.69) is 42.2 Å². The molecule has 3 atom stereocenters. The van der Waals surface area contributed by atoms with E-state index in [1.165, 1.54) is 27.8 Å². The third-order valence-electron chi connectivity index (χ3n) is 7.96. The first kappa shape index (κ1) is 37.5. The van der Waals surface area contributed by atoms with Gasteiger partial charge in [-0.25, -0.2) is 18.2 Å². The number of benzene rings is 2. The first-order valence-electron chi connectivity index (χ1n) is 15.6. The van der Waals surface area contributed by atoms with Gasteiger partial charge in [0.05, 0.1) is 34.3 Å². The number of halogens is 2. The van der Waals surface area contributed by atoms with Crippen LogP contribution in [0.2, 0.25) is 0 Å². The monoisotopic (exact) mass is 811 g/mol. The van der Waals surface area contributed by atoms with E-state index in [0.29, 0.717) is 24.1 Å². The maximum atomic E-state index is 14.1. The highest BCUT2D eigenvalue weighted by Gasteiger charge is 2.40. The molecule has 0 saturated carbocycles. The summed E-state index contributed by atoms with van der Waals surface area (Å²) in [4.78, 5) is 35.4. The predicted octanol–water partition coefficient (Wildman–Crippen LogP) is 5.67. The Balaban J connectivity index is 1.58. The van der Waals surface area contributed by atoms with Gasteiger partial charge in [-0.05, 0) is 80.8 Å². The zero-order valence-electron chi connectivity index (χ0n) is 27.3. The van der Waals surface area contributed by atoms with Crippen molar-refractivity contribution in [2.24, 2.45) is 11.8 Å². The lowest BCUT2D eigenvalue weighted by atomic mass is 9.97. The van der Waals surface area contributed by atoms with Crippen molar-refractivity contribution in [2.75, 3.05) is 26.2 Å². The predicted molar refractivity (Wildman–Crippen MR) is 192 cm³/mol. The fraction of sp³-hybridized carbons (Fsp3) is 0.485. The number of thiazole rings is 1. The van der Waals surface area contributed by atoms with Gasteiger partial charge in [0.25, 0.3) is 0 Å². The molecule has 47 heavy (non-hydrogen) atoms. The molecule has 0 spiro atoms. The number of urea groups is 1. The second-order valence-corrected chi connectivity index (χ2v) is 17.3. The van der Waals surface area contributed by atoms with Gasteiger partial charge in [0.2, 0.25) is 15.9 Å². The van der Waals surface area contributed by atoms with Crippen molar-refractivity contribution in [1.82, 2.24) is 24.4 Å². The van der Waals surface area contributed by atoms with Crippen LogP contribution in [-0.2, 0) is 27.8 Å². The standard InChI is InChI=1S/C33H43Br2N5O5S2/c1-21(2)17-39(47(44,45)26-11-12-27(34)28(35)16-26)19-30(41)29(15-24-9-7-6-8-10-24)37-32(42)31(22(3)4)40-14-13-38(33(40)43)18-25-20-46-23(5)36-25/h6-12,16,20-22,29-31,41H,13-15,17-19H2,1-5H3,(H,37,42)/t29-,30+,31?/m0/s1. The maximum absolute atomic E-state index is 14.1. The summed E-state index contributed by atoms with van der Waals surface area (Å²) in [5, 5.41) is 17.6. The largest absolute Gasteiger partial charge is 0.390 e. The third-order valence-corrected chi connectivity index (χ3v) is 12.5. The molecule has 3 aromatic rings. The number of nitrogens with zero attached hydrogens (tertiary/aromatic N) is 4. The molecule has 2 aromatic carbocycles. The molecular formula is C33H43Br2N5O5S2. The zero-order valence-corrected chi connectivity index (χ0v) is 32.1. The first-order valence-corrected chi connectivity index (χ1v) is 19.5. The van der Waals surface area contributed by atoms with Crippen molar-refractivity contribution < 1.29 is 23.1 Å². The number of aliphatic hydroxyl groups excluding tert-OH is 1. The number of sulfonamides is 1. The zero-order chi connectivity index (χ0) is 34.5. The Morgan fingerprint density at radius 1 is 1.06 bits per heavy atom. The van der Waals surface area contributed by atoms with Crippen LogP contribution in [0.5, 0.6) is 0 Å². The van der Waals surface area contributed by atoms with Crippen molar-refractivity contribution >= 4 is 65.2 Å². The first-order chi connectivity index (χ1) is 22.2. The number of aromatic nitrogens is 1. The number of carbonyl (C=O) groups excluding carboxylic acids is 2. The summed E-state index contributed by atoms with van der Waals surface area (Å²) >= 11 is 8.31. The van der Waals surface area contributed by atoms with E-state index in [9.17, 15) is 23.1 Å². The summed E-state index contributed by atoms with van der Waals surface area (Å²) in [5.41, 5.74) is 1.69. The lowest BCUT2D eigenvalue weighted by molar-refractivity contribution is -0.128. The van der Waals surface area contributed by atoms with Gasteiger partial charge in [-0.2, -0.15) is 4.31 Å². The van der Waals surface area contributed by atoms with E-state index in [1.807, 2.05) is 70.3 Å². The highest BCUT2D eigenvalue weighted by Crippen LogP contribution is 2.28. The number of amides is 3. The number of carbonyl (C=O) groups is 2. The van der Waals surface area contributed by atoms with Crippen LogP contribution in [0.25, 0.3) is 0 Å². The molecule has 2 N–H and O–H groups in total. The van der Waals surface area contributed by atoms with E-state index in [4.69, 9.17) is 0 Å². The second kappa shape index (κ2) is 16.4. The maximum Gasteiger partial charge on any atom is 0.321 e. The Morgan fingerprint density at radius 2 is 1.77 bits per heavy atom. The SMILES string of the molecule is Cc1nc(CN2CCN(C(C(=O)N[C@@H](Cc3ccccc3)[C@H](O)CN(CC(C)C)S(=O)(=O)c3ccc(Br)c(Br)c3)C(C)C)C2=O)cs1. The molecule has 2 heterocycles. The van der Waals surface area contributed by atoms with Gasteiger partial charge < -0.3 is 20.2 Å². The Bertz CT molecular complexity index is 1640. The normalized spacial score (nSPS) is 15.9. The molecule has 1 aliphatic heterocycles. The molecule has 1 fully saturated rings. The number of nitrogens with one attached hydrogen (secondary N) is 1. The molecular weight excluding hydrogens is 770 g/mol. The van der Waals surface area contributed by atoms with Gasteiger partial charge in [-0.3, -0.25) is 4.79 Å². The molecule has 4 rings (SSSR count). The van der Waals surface area contributed by atoms with Gasteiger partial charge in [-0.15, -0.1) is 11.3 Å². The van der Waals surface area contributed by atoms with Crippen molar-refractivity contribution in [3.63, 3.8) is 0 Å². The van der Waals surface area contributed by atoms with Crippen LogP contribution < -0.4 is 5.32 Å². The van der Waals surface area contributed by atoms with Crippen molar-refractivity contribution in [3.05, 3.63) is 79.1 Å². The number of rotatable bonds is 15. The summed E-state index contributed by atoms with van der Waals surface area (Å²) in [6.45, 7) is 10.7. The average molecular weight is 814 g/mol. The topological polar surface area (TPSA) is 123 Å². The molecule has 14 heteroatoms. The number of hydrogen-bond donors (Lipinski definition) is 2. The Labute approximate surface area is 298 Å². The van der Waals surface area contributed by atoms with Crippen LogP contribution in [0.1, 0.15) is 44.0 Å². The fourth-order valence-corrected chi connectivity index (χ4v) is 8.74. The molecule has 256 valence electrons. The lowest BCUT2D eigenvalue weighted by Gasteiger charge is -2.34. The second-order valence-electron chi connectivity index (χ2n) is 12.6. The van der Waals surface area contributed by atoms with Crippen LogP contribution in [0.15, 0.2) is 67.8 Å². The van der Waals surface area contributed by atoms with E-state index < -0.39 is 34.1 Å². The summed E-state index contributed by atoms with van der Waals surface area (Å²) in [7, 11) is -4.00. The van der Waals surface area contributed by atoms with Crippen molar-refractivity contribution in [1.29, 1.82) is 0 Å². The summed E-state index contributed by atoms with van der Waals surface area (Å²) < 4.78 is 30.4. The van der Waals surface area contributed by atoms with Crippen molar-refractivity contribution in [2.45, 2.75) is 70.7 Å². The number of aliphatic hydroxyl groups is 1. The summed E-state index contributed by atoms with van der Waals surface area (Å²) in [5.74, 6) is -0.640. The molecule has 1 saturated heterocycles. The van der Waals surface area contributed by atoms with E-state index in [-0.39, 0.29) is 42.3 Å². The molecule has 1 aromatic heterocycles. The molecule has 1 aliphatic rings. The molecule has 0 radical (unpaired) electrons. The number of aryl methyl sites for hydroxylation is 1. The van der Waals surface area contributed by atoms with Crippen molar-refractivity contribution in [3.8, 4) is 0 Å². The van der Waals surface area contributed by atoms with E-state index in [1.54, 1.807) is 15.9 Å². The van der Waals surface area contributed by atoms with Crippen LogP contribution in [0, 0.1) is 18.8 Å². The minimum Gasteiger partial charge on any atom is -0.390 e. The molecule has 0 aliphatic carbocycles. The minimum absolute atomic E-state index is 0.0272.